The first-order valence-electron chi connectivity index (χ1n) is 9.81. The summed E-state index contributed by atoms with van der Waals surface area (Å²) in [6, 6.07) is 13.4. The number of hydrogen-bond donors (Lipinski definition) is 0. The summed E-state index contributed by atoms with van der Waals surface area (Å²) in [5.74, 6) is 0.0158. The molecule has 3 aromatic heterocycles. The molecule has 0 spiro atoms. The molecule has 0 saturated heterocycles. The minimum absolute atomic E-state index is 0.215. The molecule has 0 fully saturated rings. The summed E-state index contributed by atoms with van der Waals surface area (Å²) >= 11 is 0. The number of pyridine rings is 1. The van der Waals surface area contributed by atoms with Crippen molar-refractivity contribution in [1.82, 2.24) is 19.6 Å². The number of aromatic nitrogens is 4. The second-order valence-corrected chi connectivity index (χ2v) is 8.00. The summed E-state index contributed by atoms with van der Waals surface area (Å²) in [5.41, 5.74) is 1.37. The van der Waals surface area contributed by atoms with E-state index in [0.29, 0.717) is 22.7 Å². The Hall–Kier alpha value is -3.81. The van der Waals surface area contributed by atoms with Gasteiger partial charge in [-0.05, 0) is 50.6 Å². The molecule has 0 saturated carbocycles. The van der Waals surface area contributed by atoms with E-state index in [9.17, 15) is 9.18 Å². The number of amides is 1. The molecule has 0 bridgehead atoms. The number of ether oxygens (including phenoxy) is 1. The molecule has 7 nitrogen and oxygen atoms in total. The van der Waals surface area contributed by atoms with Gasteiger partial charge in [0.1, 0.15) is 17.2 Å². The minimum atomic E-state index is -0.696. The van der Waals surface area contributed by atoms with Crippen molar-refractivity contribution in [3.05, 3.63) is 78.5 Å². The maximum absolute atomic E-state index is 14.5. The van der Waals surface area contributed by atoms with Crippen molar-refractivity contribution >= 4 is 17.6 Å². The van der Waals surface area contributed by atoms with Gasteiger partial charge in [0, 0.05) is 30.1 Å². The Bertz CT molecular complexity index is 1220. The van der Waals surface area contributed by atoms with Crippen LogP contribution in [0.25, 0.3) is 16.9 Å². The molecule has 4 aromatic rings. The van der Waals surface area contributed by atoms with Gasteiger partial charge in [-0.15, -0.1) is 0 Å². The van der Waals surface area contributed by atoms with Crippen molar-refractivity contribution in [2.45, 2.75) is 32.9 Å². The lowest BCUT2D eigenvalue weighted by Gasteiger charge is -2.28. The summed E-state index contributed by atoms with van der Waals surface area (Å²) < 4.78 is 21.7. The van der Waals surface area contributed by atoms with Crippen LogP contribution in [0.15, 0.2) is 67.1 Å². The van der Waals surface area contributed by atoms with E-state index in [0.717, 1.165) is 5.56 Å². The predicted octanol–water partition coefficient (Wildman–Crippen LogP) is 4.87. The van der Waals surface area contributed by atoms with Crippen molar-refractivity contribution in [1.29, 1.82) is 0 Å². The predicted molar refractivity (Wildman–Crippen MR) is 115 cm³/mol. The maximum Gasteiger partial charge on any atom is 0.416 e. The molecular weight excluding hydrogens is 397 g/mol. The molecule has 1 aromatic carbocycles. The van der Waals surface area contributed by atoms with Crippen LogP contribution in [0.4, 0.5) is 15.0 Å². The van der Waals surface area contributed by atoms with Crippen LogP contribution in [-0.2, 0) is 11.3 Å². The Morgan fingerprint density at radius 2 is 1.84 bits per heavy atom. The molecule has 0 aliphatic carbocycles. The van der Waals surface area contributed by atoms with Crippen molar-refractivity contribution in [2.24, 2.45) is 0 Å². The van der Waals surface area contributed by atoms with Crippen molar-refractivity contribution in [3.8, 4) is 11.3 Å². The fourth-order valence-corrected chi connectivity index (χ4v) is 3.12. The lowest BCUT2D eigenvalue weighted by atomic mass is 10.1. The van der Waals surface area contributed by atoms with Crippen LogP contribution in [0.2, 0.25) is 0 Å². The molecule has 0 atom stereocenters. The number of fused-ring (bicyclic) bond motifs is 1. The molecule has 0 N–H and O–H groups in total. The topological polar surface area (TPSA) is 72.6 Å². The standard InChI is InChI=1S/C23H22FN5O2/c1-23(2,3)31-22(30)28(15-16-8-11-25-12-9-16)21-14-19(17-6-4-5-7-18(17)24)27-20-10-13-26-29(20)21/h4-14H,15H2,1-3H3. The van der Waals surface area contributed by atoms with Crippen molar-refractivity contribution < 1.29 is 13.9 Å². The van der Waals surface area contributed by atoms with Gasteiger partial charge in [-0.2, -0.15) is 9.61 Å². The summed E-state index contributed by atoms with van der Waals surface area (Å²) in [6.07, 6.45) is 4.34. The van der Waals surface area contributed by atoms with Crippen LogP contribution in [-0.4, -0.2) is 31.3 Å². The average molecular weight is 419 g/mol. The van der Waals surface area contributed by atoms with Crippen LogP contribution in [0, 0.1) is 5.82 Å². The van der Waals surface area contributed by atoms with Gasteiger partial charge in [0.15, 0.2) is 5.65 Å². The Labute approximate surface area is 179 Å². The highest BCUT2D eigenvalue weighted by atomic mass is 19.1. The summed E-state index contributed by atoms with van der Waals surface area (Å²) in [6.45, 7) is 5.62. The number of rotatable bonds is 4. The number of benzene rings is 1. The summed E-state index contributed by atoms with van der Waals surface area (Å²) in [5, 5.41) is 4.32. The quantitative estimate of drug-likeness (QED) is 0.472. The first kappa shape index (κ1) is 20.5. The molecule has 0 aliphatic heterocycles. The second kappa shape index (κ2) is 8.14. The van der Waals surface area contributed by atoms with E-state index < -0.39 is 17.5 Å². The molecule has 3 heterocycles. The minimum Gasteiger partial charge on any atom is -0.443 e. The largest absolute Gasteiger partial charge is 0.443 e. The van der Waals surface area contributed by atoms with Crippen LogP contribution in [0.1, 0.15) is 26.3 Å². The van der Waals surface area contributed by atoms with Crippen molar-refractivity contribution in [2.75, 3.05) is 4.90 Å². The third-order valence-corrected chi connectivity index (χ3v) is 4.47. The summed E-state index contributed by atoms with van der Waals surface area (Å²) in [4.78, 5) is 23.2. The lowest BCUT2D eigenvalue weighted by Crippen LogP contribution is -2.37. The number of nitrogens with zero attached hydrogens (tertiary/aromatic N) is 5. The number of carbonyl (C=O) groups is 1. The second-order valence-electron chi connectivity index (χ2n) is 8.00. The first-order valence-corrected chi connectivity index (χ1v) is 9.81. The molecule has 158 valence electrons. The van der Waals surface area contributed by atoms with E-state index in [1.807, 2.05) is 12.1 Å². The van der Waals surface area contributed by atoms with Gasteiger partial charge in [0.05, 0.1) is 18.4 Å². The smallest absolute Gasteiger partial charge is 0.416 e. The molecule has 0 radical (unpaired) electrons. The van der Waals surface area contributed by atoms with Crippen LogP contribution in [0.3, 0.4) is 0 Å². The fourth-order valence-electron chi connectivity index (χ4n) is 3.12. The van der Waals surface area contributed by atoms with Crippen molar-refractivity contribution in [3.63, 3.8) is 0 Å². The Morgan fingerprint density at radius 3 is 2.55 bits per heavy atom. The average Bonchev–Trinajstić information content (AvgIpc) is 3.20. The van der Waals surface area contributed by atoms with E-state index in [1.54, 1.807) is 69.7 Å². The monoisotopic (exact) mass is 419 g/mol. The number of carbonyl (C=O) groups excluding carboxylic acids is 1. The van der Waals surface area contributed by atoms with Gasteiger partial charge >= 0.3 is 6.09 Å². The van der Waals surface area contributed by atoms with Gasteiger partial charge in [-0.25, -0.2) is 14.2 Å². The van der Waals surface area contributed by atoms with E-state index >= 15 is 0 Å². The molecular formula is C23H22FN5O2. The Balaban J connectivity index is 1.87. The van der Waals surface area contributed by atoms with Gasteiger partial charge in [-0.3, -0.25) is 9.88 Å². The highest BCUT2D eigenvalue weighted by Gasteiger charge is 2.27. The van der Waals surface area contributed by atoms with Gasteiger partial charge in [0.2, 0.25) is 0 Å². The number of halogens is 1. The third-order valence-electron chi connectivity index (χ3n) is 4.47. The van der Waals surface area contributed by atoms with Crippen LogP contribution >= 0.6 is 0 Å². The van der Waals surface area contributed by atoms with E-state index in [2.05, 4.69) is 15.1 Å². The summed E-state index contributed by atoms with van der Waals surface area (Å²) in [7, 11) is 0. The van der Waals surface area contributed by atoms with E-state index in [4.69, 9.17) is 4.74 Å². The van der Waals surface area contributed by atoms with E-state index in [1.165, 1.54) is 15.5 Å². The molecule has 31 heavy (non-hydrogen) atoms. The molecule has 8 heteroatoms. The SMILES string of the molecule is CC(C)(C)OC(=O)N(Cc1ccncc1)c1cc(-c2ccccc2F)nc2ccnn12. The highest BCUT2D eigenvalue weighted by Crippen LogP contribution is 2.28. The normalized spacial score (nSPS) is 11.5. The van der Waals surface area contributed by atoms with Crippen LogP contribution < -0.4 is 4.90 Å². The first-order chi connectivity index (χ1) is 14.8. The zero-order valence-electron chi connectivity index (χ0n) is 17.5. The van der Waals surface area contributed by atoms with Gasteiger partial charge < -0.3 is 4.74 Å². The Morgan fingerprint density at radius 1 is 1.10 bits per heavy atom. The maximum atomic E-state index is 14.5. The molecule has 0 aliphatic rings. The highest BCUT2D eigenvalue weighted by molar-refractivity contribution is 5.88. The van der Waals surface area contributed by atoms with E-state index in [-0.39, 0.29) is 6.54 Å². The lowest BCUT2D eigenvalue weighted by molar-refractivity contribution is 0.0575. The fraction of sp³-hybridized carbons (Fsp3) is 0.217. The Kier molecular flexibility index (Phi) is 5.37. The number of hydrogen-bond acceptors (Lipinski definition) is 5. The van der Waals surface area contributed by atoms with Gasteiger partial charge in [-0.1, -0.05) is 12.1 Å². The van der Waals surface area contributed by atoms with Gasteiger partial charge in [0.25, 0.3) is 0 Å². The molecule has 1 amide bonds. The molecule has 4 rings (SSSR count). The molecule has 0 unspecified atom stereocenters. The zero-order chi connectivity index (χ0) is 22.0. The van der Waals surface area contributed by atoms with Crippen LogP contribution in [0.5, 0.6) is 0 Å². The zero-order valence-corrected chi connectivity index (χ0v) is 17.5. The number of anilines is 1. The third kappa shape index (κ3) is 4.53.